The first-order chi connectivity index (χ1) is 7.24. The van der Waals surface area contributed by atoms with E-state index in [0.29, 0.717) is 0 Å². The lowest BCUT2D eigenvalue weighted by Gasteiger charge is -2.38. The molecule has 2 atom stereocenters. The Morgan fingerprint density at radius 1 is 1.33 bits per heavy atom. The molecule has 3 N–H and O–H groups in total. The van der Waals surface area contributed by atoms with Gasteiger partial charge < -0.3 is 5.73 Å². The van der Waals surface area contributed by atoms with Crippen molar-refractivity contribution in [1.29, 1.82) is 0 Å². The summed E-state index contributed by atoms with van der Waals surface area (Å²) in [5.74, 6) is 0.839. The molecule has 2 aliphatic rings. The van der Waals surface area contributed by atoms with Crippen molar-refractivity contribution in [2.45, 2.75) is 51.0 Å². The average molecular weight is 211 g/mol. The molecule has 88 valence electrons. The van der Waals surface area contributed by atoms with Crippen molar-refractivity contribution in [2.24, 2.45) is 11.7 Å². The summed E-state index contributed by atoms with van der Waals surface area (Å²) in [5, 5.41) is 2.41. The lowest BCUT2D eigenvalue weighted by Crippen LogP contribution is -2.58. The third-order valence-corrected chi connectivity index (χ3v) is 4.00. The Bertz CT molecular complexity index is 201. The molecule has 1 saturated heterocycles. The standard InChI is InChI=1S/C12H25N3/c1-11-5-6-12(9-11,10-13)14-15-7-3-2-4-8-15/h11,14H,2-10,13H2,1H3. The van der Waals surface area contributed by atoms with Gasteiger partial charge >= 0.3 is 0 Å². The van der Waals surface area contributed by atoms with Crippen LogP contribution in [0.4, 0.5) is 0 Å². The van der Waals surface area contributed by atoms with E-state index in [1.807, 2.05) is 0 Å². The quantitative estimate of drug-likeness (QED) is 0.743. The molecule has 0 aromatic rings. The number of piperidine rings is 1. The Labute approximate surface area is 93.4 Å². The van der Waals surface area contributed by atoms with Crippen molar-refractivity contribution in [3.8, 4) is 0 Å². The summed E-state index contributed by atoms with van der Waals surface area (Å²) < 4.78 is 0. The maximum absolute atomic E-state index is 5.96. The number of nitrogens with two attached hydrogens (primary N) is 1. The molecule has 1 saturated carbocycles. The smallest absolute Gasteiger partial charge is 0.0450 e. The Balaban J connectivity index is 1.89. The first kappa shape index (κ1) is 11.4. The highest BCUT2D eigenvalue weighted by Gasteiger charge is 2.37. The van der Waals surface area contributed by atoms with E-state index in [2.05, 4.69) is 17.4 Å². The molecular weight excluding hydrogens is 186 g/mol. The molecule has 2 rings (SSSR count). The van der Waals surface area contributed by atoms with E-state index in [4.69, 9.17) is 5.73 Å². The van der Waals surface area contributed by atoms with Crippen LogP contribution in [-0.2, 0) is 0 Å². The Morgan fingerprint density at radius 2 is 2.07 bits per heavy atom. The monoisotopic (exact) mass is 211 g/mol. The number of hydrazine groups is 1. The van der Waals surface area contributed by atoms with Crippen LogP contribution in [0.25, 0.3) is 0 Å². The number of nitrogens with zero attached hydrogens (tertiary/aromatic N) is 1. The minimum atomic E-state index is 0.219. The average Bonchev–Trinajstić information content (AvgIpc) is 2.62. The third-order valence-electron chi connectivity index (χ3n) is 4.00. The predicted molar refractivity (Wildman–Crippen MR) is 63.4 cm³/mol. The Hall–Kier alpha value is -0.120. The molecule has 2 fully saturated rings. The fourth-order valence-corrected chi connectivity index (χ4v) is 3.07. The molecule has 1 aliphatic carbocycles. The maximum Gasteiger partial charge on any atom is 0.0450 e. The van der Waals surface area contributed by atoms with E-state index >= 15 is 0 Å². The molecule has 3 nitrogen and oxygen atoms in total. The predicted octanol–water partition coefficient (Wildman–Crippen LogP) is 1.49. The second kappa shape index (κ2) is 4.81. The summed E-state index contributed by atoms with van der Waals surface area (Å²) in [6, 6.07) is 0. The van der Waals surface area contributed by atoms with Crippen LogP contribution < -0.4 is 11.2 Å². The minimum Gasteiger partial charge on any atom is -0.329 e. The molecule has 1 aliphatic heterocycles. The molecule has 3 heteroatoms. The molecule has 0 aromatic carbocycles. The van der Waals surface area contributed by atoms with Gasteiger partial charge in [-0.05, 0) is 38.0 Å². The van der Waals surface area contributed by atoms with Crippen LogP contribution in [-0.4, -0.2) is 30.2 Å². The van der Waals surface area contributed by atoms with Crippen LogP contribution in [0.5, 0.6) is 0 Å². The van der Waals surface area contributed by atoms with Crippen LogP contribution in [0.1, 0.15) is 45.4 Å². The SMILES string of the molecule is CC1CCC(CN)(NN2CCCCC2)C1. The van der Waals surface area contributed by atoms with Gasteiger partial charge in [-0.1, -0.05) is 13.3 Å². The number of hydrogen-bond donors (Lipinski definition) is 2. The number of rotatable bonds is 3. The highest BCUT2D eigenvalue weighted by molar-refractivity contribution is 4.95. The summed E-state index contributed by atoms with van der Waals surface area (Å²) in [6.07, 6.45) is 7.90. The van der Waals surface area contributed by atoms with E-state index in [1.165, 1.54) is 51.6 Å². The molecule has 0 spiro atoms. The molecule has 15 heavy (non-hydrogen) atoms. The van der Waals surface area contributed by atoms with E-state index in [-0.39, 0.29) is 5.54 Å². The summed E-state index contributed by atoms with van der Waals surface area (Å²) >= 11 is 0. The van der Waals surface area contributed by atoms with Crippen molar-refractivity contribution in [3.63, 3.8) is 0 Å². The summed E-state index contributed by atoms with van der Waals surface area (Å²) in [7, 11) is 0. The van der Waals surface area contributed by atoms with Gasteiger partial charge in [0.05, 0.1) is 0 Å². The van der Waals surface area contributed by atoms with Crippen molar-refractivity contribution in [1.82, 2.24) is 10.4 Å². The van der Waals surface area contributed by atoms with Crippen molar-refractivity contribution in [2.75, 3.05) is 19.6 Å². The zero-order chi connectivity index (χ0) is 10.7. The van der Waals surface area contributed by atoms with Gasteiger partial charge in [-0.15, -0.1) is 0 Å². The van der Waals surface area contributed by atoms with Gasteiger partial charge in [0.2, 0.25) is 0 Å². The highest BCUT2D eigenvalue weighted by Crippen LogP contribution is 2.34. The number of hydrogen-bond acceptors (Lipinski definition) is 3. The second-order valence-electron chi connectivity index (χ2n) is 5.49. The maximum atomic E-state index is 5.96. The normalized spacial score (nSPS) is 38.4. The molecule has 1 heterocycles. The first-order valence-electron chi connectivity index (χ1n) is 6.47. The zero-order valence-electron chi connectivity index (χ0n) is 9.97. The summed E-state index contributed by atoms with van der Waals surface area (Å²) in [6.45, 7) is 5.54. The molecule has 0 aromatic heterocycles. The fourth-order valence-electron chi connectivity index (χ4n) is 3.07. The van der Waals surface area contributed by atoms with E-state index in [0.717, 1.165) is 12.5 Å². The van der Waals surface area contributed by atoms with E-state index < -0.39 is 0 Å². The largest absolute Gasteiger partial charge is 0.329 e. The van der Waals surface area contributed by atoms with Gasteiger partial charge in [0.1, 0.15) is 0 Å². The molecule has 0 bridgehead atoms. The van der Waals surface area contributed by atoms with Crippen LogP contribution in [0, 0.1) is 5.92 Å². The lowest BCUT2D eigenvalue weighted by atomic mass is 9.97. The van der Waals surface area contributed by atoms with Gasteiger partial charge in [-0.25, -0.2) is 10.4 Å². The van der Waals surface area contributed by atoms with Gasteiger partial charge in [0, 0.05) is 25.2 Å². The van der Waals surface area contributed by atoms with E-state index in [9.17, 15) is 0 Å². The molecule has 0 radical (unpaired) electrons. The number of nitrogens with one attached hydrogen (secondary N) is 1. The van der Waals surface area contributed by atoms with Crippen LogP contribution in [0.15, 0.2) is 0 Å². The van der Waals surface area contributed by atoms with Crippen LogP contribution in [0.2, 0.25) is 0 Å². The van der Waals surface area contributed by atoms with Crippen molar-refractivity contribution < 1.29 is 0 Å². The van der Waals surface area contributed by atoms with Gasteiger partial charge in [-0.3, -0.25) is 0 Å². The zero-order valence-corrected chi connectivity index (χ0v) is 9.97. The first-order valence-corrected chi connectivity index (χ1v) is 6.47. The fraction of sp³-hybridized carbons (Fsp3) is 1.00. The van der Waals surface area contributed by atoms with Gasteiger partial charge in [0.15, 0.2) is 0 Å². The third kappa shape index (κ3) is 2.71. The molecule has 0 amide bonds. The van der Waals surface area contributed by atoms with Gasteiger partial charge in [0.25, 0.3) is 0 Å². The topological polar surface area (TPSA) is 41.3 Å². The Kier molecular flexibility index (Phi) is 3.65. The van der Waals surface area contributed by atoms with Crippen molar-refractivity contribution in [3.05, 3.63) is 0 Å². The molecule has 2 unspecified atom stereocenters. The summed E-state index contributed by atoms with van der Waals surface area (Å²) in [5.41, 5.74) is 9.90. The van der Waals surface area contributed by atoms with Crippen LogP contribution in [0.3, 0.4) is 0 Å². The van der Waals surface area contributed by atoms with E-state index in [1.54, 1.807) is 0 Å². The van der Waals surface area contributed by atoms with Crippen LogP contribution >= 0.6 is 0 Å². The second-order valence-corrected chi connectivity index (χ2v) is 5.49. The summed E-state index contributed by atoms with van der Waals surface area (Å²) in [4.78, 5) is 0. The van der Waals surface area contributed by atoms with Crippen molar-refractivity contribution >= 4 is 0 Å². The Morgan fingerprint density at radius 3 is 2.60 bits per heavy atom. The molecular formula is C12H25N3. The van der Waals surface area contributed by atoms with Gasteiger partial charge in [-0.2, -0.15) is 0 Å². The minimum absolute atomic E-state index is 0.219. The lowest BCUT2D eigenvalue weighted by molar-refractivity contribution is 0.0838. The highest BCUT2D eigenvalue weighted by atomic mass is 15.5.